The third-order valence-electron chi connectivity index (χ3n) is 3.59. The quantitative estimate of drug-likeness (QED) is 0.819. The first-order valence-electron chi connectivity index (χ1n) is 7.33. The second-order valence-corrected chi connectivity index (χ2v) is 6.00. The van der Waals surface area contributed by atoms with Crippen LogP contribution in [0.2, 0.25) is 0 Å². The summed E-state index contributed by atoms with van der Waals surface area (Å²) in [5.41, 5.74) is 0. The van der Waals surface area contributed by atoms with Crippen molar-refractivity contribution in [2.45, 2.75) is 58.0 Å². The fraction of sp³-hybridized carbons (Fsp3) is 0.929. The largest absolute Gasteiger partial charge is 0.449 e. The van der Waals surface area contributed by atoms with Crippen LogP contribution in [0.5, 0.6) is 0 Å². The molecule has 4 heteroatoms. The highest BCUT2D eigenvalue weighted by molar-refractivity contribution is 5.68. The zero-order chi connectivity index (χ0) is 13.0. The molecule has 104 valence electrons. The average Bonchev–Trinajstić information content (AvgIpc) is 3.18. The lowest BCUT2D eigenvalue weighted by Gasteiger charge is -2.30. The Kier molecular flexibility index (Phi) is 4.87. The molecule has 1 N–H and O–H groups in total. The summed E-state index contributed by atoms with van der Waals surface area (Å²) in [6.07, 6.45) is 5.89. The third-order valence-corrected chi connectivity index (χ3v) is 3.59. The molecule has 0 radical (unpaired) electrons. The van der Waals surface area contributed by atoms with E-state index in [9.17, 15) is 4.79 Å². The minimum atomic E-state index is -0.112. The summed E-state index contributed by atoms with van der Waals surface area (Å²) < 4.78 is 5.37. The van der Waals surface area contributed by atoms with Crippen molar-refractivity contribution in [1.29, 1.82) is 0 Å². The molecule has 1 saturated heterocycles. The molecular weight excluding hydrogens is 228 g/mol. The molecule has 18 heavy (non-hydrogen) atoms. The Bertz CT molecular complexity index is 271. The highest BCUT2D eigenvalue weighted by atomic mass is 16.6. The van der Waals surface area contributed by atoms with Crippen molar-refractivity contribution >= 4 is 6.09 Å². The van der Waals surface area contributed by atoms with Gasteiger partial charge in [-0.05, 0) is 38.1 Å². The molecule has 1 aliphatic heterocycles. The van der Waals surface area contributed by atoms with Gasteiger partial charge in [0, 0.05) is 18.6 Å². The van der Waals surface area contributed by atoms with Crippen LogP contribution >= 0.6 is 0 Å². The van der Waals surface area contributed by atoms with Crippen LogP contribution < -0.4 is 5.32 Å². The van der Waals surface area contributed by atoms with Gasteiger partial charge in [-0.25, -0.2) is 4.79 Å². The third kappa shape index (κ3) is 4.16. The van der Waals surface area contributed by atoms with Gasteiger partial charge in [0.05, 0.1) is 6.61 Å². The monoisotopic (exact) mass is 254 g/mol. The zero-order valence-electron chi connectivity index (χ0n) is 11.7. The Morgan fingerprint density at radius 3 is 2.67 bits per heavy atom. The molecule has 1 unspecified atom stereocenters. The topological polar surface area (TPSA) is 41.6 Å². The minimum absolute atomic E-state index is 0.112. The Morgan fingerprint density at radius 1 is 1.33 bits per heavy atom. The maximum Gasteiger partial charge on any atom is 0.410 e. The summed E-state index contributed by atoms with van der Waals surface area (Å²) in [4.78, 5) is 14.0. The number of piperidine rings is 1. The van der Waals surface area contributed by atoms with Gasteiger partial charge in [0.25, 0.3) is 0 Å². The number of rotatable bonds is 5. The summed E-state index contributed by atoms with van der Waals surface area (Å²) >= 11 is 0. The van der Waals surface area contributed by atoms with E-state index < -0.39 is 0 Å². The van der Waals surface area contributed by atoms with Gasteiger partial charge in [0.15, 0.2) is 0 Å². The van der Waals surface area contributed by atoms with Gasteiger partial charge in [-0.3, -0.25) is 0 Å². The SMILES string of the molecule is CC(C)COC(=O)N(CC1CCCCN1)C1CC1. The standard InChI is InChI=1S/C14H26N2O2/c1-11(2)10-18-14(17)16(13-6-7-13)9-12-5-3-4-8-15-12/h11-13,15H,3-10H2,1-2H3. The molecule has 2 aliphatic rings. The van der Waals surface area contributed by atoms with Crippen molar-refractivity contribution in [2.75, 3.05) is 19.7 Å². The Morgan fingerprint density at radius 2 is 2.11 bits per heavy atom. The fourth-order valence-electron chi connectivity index (χ4n) is 2.40. The summed E-state index contributed by atoms with van der Waals surface area (Å²) in [5.74, 6) is 0.405. The minimum Gasteiger partial charge on any atom is -0.449 e. The first kappa shape index (κ1) is 13.7. The molecule has 2 fully saturated rings. The number of carbonyl (C=O) groups is 1. The number of hydrogen-bond donors (Lipinski definition) is 1. The van der Waals surface area contributed by atoms with Crippen molar-refractivity contribution < 1.29 is 9.53 Å². The zero-order valence-corrected chi connectivity index (χ0v) is 11.7. The number of hydrogen-bond acceptors (Lipinski definition) is 3. The first-order valence-corrected chi connectivity index (χ1v) is 7.33. The Balaban J connectivity index is 1.81. The number of carbonyl (C=O) groups excluding carboxylic acids is 1. The number of ether oxygens (including phenoxy) is 1. The number of nitrogens with zero attached hydrogens (tertiary/aromatic N) is 1. The lowest BCUT2D eigenvalue weighted by atomic mass is 10.0. The van der Waals surface area contributed by atoms with Crippen molar-refractivity contribution in [3.63, 3.8) is 0 Å². The van der Waals surface area contributed by atoms with E-state index in [1.54, 1.807) is 0 Å². The van der Waals surface area contributed by atoms with Crippen molar-refractivity contribution in [3.05, 3.63) is 0 Å². The van der Waals surface area contributed by atoms with Crippen LogP contribution in [0.15, 0.2) is 0 Å². The molecule has 1 heterocycles. The molecule has 0 spiro atoms. The van der Waals surface area contributed by atoms with Crippen LogP contribution in [0.1, 0.15) is 46.0 Å². The van der Waals surface area contributed by atoms with E-state index in [-0.39, 0.29) is 6.09 Å². The predicted octanol–water partition coefficient (Wildman–Crippen LogP) is 2.39. The van der Waals surface area contributed by atoms with E-state index in [1.807, 2.05) is 4.90 Å². The maximum absolute atomic E-state index is 12.1. The van der Waals surface area contributed by atoms with Crippen molar-refractivity contribution in [2.24, 2.45) is 5.92 Å². The van der Waals surface area contributed by atoms with Gasteiger partial charge in [0.1, 0.15) is 0 Å². The summed E-state index contributed by atoms with van der Waals surface area (Å²) in [5, 5.41) is 3.50. The summed E-state index contributed by atoms with van der Waals surface area (Å²) in [7, 11) is 0. The van der Waals surface area contributed by atoms with Crippen LogP contribution in [0.25, 0.3) is 0 Å². The lowest BCUT2D eigenvalue weighted by Crippen LogP contribution is -2.47. The Hall–Kier alpha value is -0.770. The molecule has 0 bridgehead atoms. The van der Waals surface area contributed by atoms with Gasteiger partial charge >= 0.3 is 6.09 Å². The molecule has 1 amide bonds. The van der Waals surface area contributed by atoms with Gasteiger partial charge in [-0.1, -0.05) is 20.3 Å². The molecule has 4 nitrogen and oxygen atoms in total. The highest BCUT2D eigenvalue weighted by Gasteiger charge is 2.35. The van der Waals surface area contributed by atoms with Crippen molar-refractivity contribution in [1.82, 2.24) is 10.2 Å². The molecule has 1 aliphatic carbocycles. The van der Waals surface area contributed by atoms with Crippen LogP contribution in [0.4, 0.5) is 4.79 Å². The number of amides is 1. The van der Waals surface area contributed by atoms with Crippen LogP contribution in [0.3, 0.4) is 0 Å². The first-order chi connectivity index (χ1) is 8.66. The van der Waals surface area contributed by atoms with E-state index in [2.05, 4.69) is 19.2 Å². The van der Waals surface area contributed by atoms with E-state index in [0.29, 0.717) is 24.6 Å². The van der Waals surface area contributed by atoms with E-state index in [0.717, 1.165) is 25.9 Å². The van der Waals surface area contributed by atoms with Gasteiger partial charge < -0.3 is 15.0 Å². The Labute approximate surface area is 110 Å². The molecule has 0 aromatic carbocycles. The second kappa shape index (κ2) is 6.41. The van der Waals surface area contributed by atoms with E-state index in [4.69, 9.17) is 4.74 Å². The van der Waals surface area contributed by atoms with Crippen molar-refractivity contribution in [3.8, 4) is 0 Å². The fourth-order valence-corrected chi connectivity index (χ4v) is 2.40. The average molecular weight is 254 g/mol. The van der Waals surface area contributed by atoms with E-state index >= 15 is 0 Å². The van der Waals surface area contributed by atoms with Gasteiger partial charge in [-0.15, -0.1) is 0 Å². The normalized spacial score (nSPS) is 24.1. The molecule has 0 aromatic heterocycles. The van der Waals surface area contributed by atoms with E-state index in [1.165, 1.54) is 19.3 Å². The van der Waals surface area contributed by atoms with Crippen LogP contribution in [-0.4, -0.2) is 42.8 Å². The lowest BCUT2D eigenvalue weighted by molar-refractivity contribution is 0.0844. The summed E-state index contributed by atoms with van der Waals surface area (Å²) in [6, 6.07) is 0.902. The molecule has 0 aromatic rings. The second-order valence-electron chi connectivity index (χ2n) is 6.00. The van der Waals surface area contributed by atoms with Crippen LogP contribution in [0, 0.1) is 5.92 Å². The molecule has 1 saturated carbocycles. The van der Waals surface area contributed by atoms with Gasteiger partial charge in [-0.2, -0.15) is 0 Å². The van der Waals surface area contributed by atoms with Gasteiger partial charge in [0.2, 0.25) is 0 Å². The maximum atomic E-state index is 12.1. The summed E-state index contributed by atoms with van der Waals surface area (Å²) in [6.45, 7) is 6.57. The number of nitrogens with one attached hydrogen (secondary N) is 1. The highest BCUT2D eigenvalue weighted by Crippen LogP contribution is 2.28. The smallest absolute Gasteiger partial charge is 0.410 e. The molecule has 2 rings (SSSR count). The van der Waals surface area contributed by atoms with Crippen LogP contribution in [-0.2, 0) is 4.74 Å². The predicted molar refractivity (Wildman–Crippen MR) is 71.6 cm³/mol. The molecule has 1 atom stereocenters. The molecular formula is C14H26N2O2.